The van der Waals surface area contributed by atoms with E-state index < -0.39 is 16.1 Å². The topological polar surface area (TPSA) is 62.5 Å². The Hall–Kier alpha value is -3.32. The number of aliphatic hydroxyl groups excluding tert-OH is 1. The van der Waals surface area contributed by atoms with E-state index >= 15 is 0 Å². The van der Waals surface area contributed by atoms with E-state index in [0.29, 0.717) is 10.7 Å². The van der Waals surface area contributed by atoms with Crippen molar-refractivity contribution in [2.45, 2.75) is 31.4 Å². The molecule has 0 aliphatic carbocycles. The highest BCUT2D eigenvalue weighted by Crippen LogP contribution is 2.31. The van der Waals surface area contributed by atoms with Gasteiger partial charge in [-0.05, 0) is 67.4 Å². The number of aryl methyl sites for hydroxylation is 1. The van der Waals surface area contributed by atoms with Crippen LogP contribution in [0.25, 0.3) is 21.8 Å². The molecule has 1 N–H and O–H groups in total. The fourth-order valence-corrected chi connectivity index (χ4v) is 6.41. The first-order valence-electron chi connectivity index (χ1n) is 11.8. The van der Waals surface area contributed by atoms with Gasteiger partial charge in [0.2, 0.25) is 0 Å². The number of hydrogen-bond donors (Lipinski definition) is 1. The van der Waals surface area contributed by atoms with Gasteiger partial charge in [0.25, 0.3) is 10.0 Å². The third-order valence-electron chi connectivity index (χ3n) is 6.70. The maximum absolute atomic E-state index is 13.8. The van der Waals surface area contributed by atoms with E-state index in [1.807, 2.05) is 62.4 Å². The number of aliphatic hydroxyl groups is 1. The van der Waals surface area contributed by atoms with Crippen LogP contribution < -0.4 is 4.31 Å². The molecule has 5 nitrogen and oxygen atoms in total. The minimum absolute atomic E-state index is 0.101. The molecule has 5 aromatic rings. The molecule has 0 unspecified atom stereocenters. The summed E-state index contributed by atoms with van der Waals surface area (Å²) in [6, 6.07) is 27.8. The average molecular weight is 519 g/mol. The van der Waals surface area contributed by atoms with Gasteiger partial charge < -0.3 is 9.67 Å². The highest BCUT2D eigenvalue weighted by molar-refractivity contribution is 7.92. The largest absolute Gasteiger partial charge is 0.389 e. The Morgan fingerprint density at radius 3 is 2.03 bits per heavy atom. The van der Waals surface area contributed by atoms with Gasteiger partial charge in [-0.1, -0.05) is 60.1 Å². The maximum atomic E-state index is 13.8. The smallest absolute Gasteiger partial charge is 0.264 e. The van der Waals surface area contributed by atoms with E-state index in [9.17, 15) is 13.5 Å². The predicted molar refractivity (Wildman–Crippen MR) is 147 cm³/mol. The number of benzene rings is 4. The Labute approximate surface area is 216 Å². The molecule has 0 spiro atoms. The van der Waals surface area contributed by atoms with Gasteiger partial charge in [0.1, 0.15) is 0 Å². The van der Waals surface area contributed by atoms with Gasteiger partial charge in [-0.25, -0.2) is 8.42 Å². The minimum atomic E-state index is -3.96. The number of nitrogens with zero attached hydrogens (tertiary/aromatic N) is 2. The number of fused-ring (bicyclic) bond motifs is 3. The zero-order valence-corrected chi connectivity index (χ0v) is 21.7. The SMILES string of the molecule is Cc1cccc(N(C[C@@H](O)Cn2c3ccccc3c3ccccc32)S(=O)(=O)c2ccc(Cl)cc2)c1C. The fourth-order valence-electron chi connectivity index (χ4n) is 4.73. The molecule has 184 valence electrons. The molecule has 1 aromatic heterocycles. The van der Waals surface area contributed by atoms with Crippen molar-refractivity contribution in [3.63, 3.8) is 0 Å². The molecule has 0 amide bonds. The van der Waals surface area contributed by atoms with E-state index in [0.717, 1.165) is 32.9 Å². The molecule has 5 rings (SSSR count). The van der Waals surface area contributed by atoms with Crippen molar-refractivity contribution in [1.29, 1.82) is 0 Å². The molecular weight excluding hydrogens is 492 g/mol. The van der Waals surface area contributed by atoms with Crippen LogP contribution in [0.1, 0.15) is 11.1 Å². The van der Waals surface area contributed by atoms with E-state index in [2.05, 4.69) is 16.7 Å². The number of sulfonamides is 1. The normalized spacial score (nSPS) is 12.8. The Bertz CT molecular complexity index is 1610. The van der Waals surface area contributed by atoms with Crippen LogP contribution in [0.2, 0.25) is 5.02 Å². The van der Waals surface area contributed by atoms with Crippen molar-refractivity contribution >= 4 is 49.1 Å². The van der Waals surface area contributed by atoms with Crippen LogP contribution >= 0.6 is 11.6 Å². The number of para-hydroxylation sites is 2. The first-order chi connectivity index (χ1) is 17.3. The molecule has 1 heterocycles. The zero-order valence-electron chi connectivity index (χ0n) is 20.1. The lowest BCUT2D eigenvalue weighted by Crippen LogP contribution is -2.39. The van der Waals surface area contributed by atoms with Crippen molar-refractivity contribution in [3.8, 4) is 0 Å². The van der Waals surface area contributed by atoms with Crippen LogP contribution in [0, 0.1) is 13.8 Å². The van der Waals surface area contributed by atoms with E-state index in [1.54, 1.807) is 18.2 Å². The van der Waals surface area contributed by atoms with Crippen LogP contribution in [0.15, 0.2) is 95.9 Å². The van der Waals surface area contributed by atoms with Crippen molar-refractivity contribution < 1.29 is 13.5 Å². The van der Waals surface area contributed by atoms with Gasteiger partial charge in [0, 0.05) is 26.8 Å². The summed E-state index contributed by atoms with van der Waals surface area (Å²) in [4.78, 5) is 0.122. The van der Waals surface area contributed by atoms with Crippen LogP contribution in [0.3, 0.4) is 0 Å². The Morgan fingerprint density at radius 1 is 0.833 bits per heavy atom. The fraction of sp³-hybridized carbons (Fsp3) is 0.172. The summed E-state index contributed by atoms with van der Waals surface area (Å²) in [5.41, 5.74) is 4.36. The molecule has 1 atom stereocenters. The summed E-state index contributed by atoms with van der Waals surface area (Å²) in [5, 5.41) is 14.0. The summed E-state index contributed by atoms with van der Waals surface area (Å²) in [6.45, 7) is 3.98. The first-order valence-corrected chi connectivity index (χ1v) is 13.6. The third-order valence-corrected chi connectivity index (χ3v) is 8.74. The van der Waals surface area contributed by atoms with Gasteiger partial charge in [0.15, 0.2) is 0 Å². The molecule has 0 bridgehead atoms. The summed E-state index contributed by atoms with van der Waals surface area (Å²) in [5.74, 6) is 0. The zero-order chi connectivity index (χ0) is 25.4. The van der Waals surface area contributed by atoms with Crippen molar-refractivity contribution in [2.24, 2.45) is 0 Å². The molecule has 0 aliphatic heterocycles. The summed E-state index contributed by atoms with van der Waals surface area (Å²) >= 11 is 6.01. The van der Waals surface area contributed by atoms with Crippen LogP contribution in [0.5, 0.6) is 0 Å². The van der Waals surface area contributed by atoms with Crippen molar-refractivity contribution in [2.75, 3.05) is 10.8 Å². The minimum Gasteiger partial charge on any atom is -0.389 e. The number of aromatic nitrogens is 1. The number of anilines is 1. The Kier molecular flexibility index (Phi) is 6.51. The van der Waals surface area contributed by atoms with Crippen LogP contribution in [-0.2, 0) is 16.6 Å². The Balaban J connectivity index is 1.56. The van der Waals surface area contributed by atoms with Crippen LogP contribution in [0.4, 0.5) is 5.69 Å². The molecule has 36 heavy (non-hydrogen) atoms. The van der Waals surface area contributed by atoms with Gasteiger partial charge in [-0.3, -0.25) is 4.31 Å². The van der Waals surface area contributed by atoms with Gasteiger partial charge in [-0.15, -0.1) is 0 Å². The summed E-state index contributed by atoms with van der Waals surface area (Å²) < 4.78 is 31.0. The van der Waals surface area contributed by atoms with E-state index in [-0.39, 0.29) is 18.0 Å². The summed E-state index contributed by atoms with van der Waals surface area (Å²) in [6.07, 6.45) is -0.966. The summed E-state index contributed by atoms with van der Waals surface area (Å²) in [7, 11) is -3.96. The maximum Gasteiger partial charge on any atom is 0.264 e. The van der Waals surface area contributed by atoms with Gasteiger partial charge >= 0.3 is 0 Å². The molecule has 0 fully saturated rings. The lowest BCUT2D eigenvalue weighted by molar-refractivity contribution is 0.166. The molecule has 0 aliphatic rings. The second kappa shape index (κ2) is 9.62. The monoisotopic (exact) mass is 518 g/mol. The second-order valence-electron chi connectivity index (χ2n) is 9.01. The third kappa shape index (κ3) is 4.37. The van der Waals surface area contributed by atoms with Crippen molar-refractivity contribution in [1.82, 2.24) is 4.57 Å². The average Bonchev–Trinajstić information content (AvgIpc) is 3.18. The molecule has 7 heteroatoms. The molecular formula is C29H27ClN2O3S. The highest BCUT2D eigenvalue weighted by atomic mass is 35.5. The molecule has 0 saturated heterocycles. The lowest BCUT2D eigenvalue weighted by atomic mass is 10.1. The van der Waals surface area contributed by atoms with Gasteiger partial charge in [0.05, 0.1) is 29.8 Å². The molecule has 4 aromatic carbocycles. The number of hydrogen-bond acceptors (Lipinski definition) is 3. The quantitative estimate of drug-likeness (QED) is 0.274. The standard InChI is InChI=1S/C29H27ClN2O3S/c1-20-8-7-13-27(21(20)2)32(36(34,35)24-16-14-22(30)15-17-24)19-23(33)18-31-28-11-5-3-9-25(28)26-10-4-6-12-29(26)31/h3-17,23,33H,18-19H2,1-2H3/t23-/m0/s1. The van der Waals surface area contributed by atoms with E-state index in [1.165, 1.54) is 16.4 Å². The Morgan fingerprint density at radius 2 is 1.42 bits per heavy atom. The number of rotatable bonds is 7. The van der Waals surface area contributed by atoms with Crippen LogP contribution in [-0.4, -0.2) is 30.7 Å². The lowest BCUT2D eigenvalue weighted by Gasteiger charge is -2.29. The number of halogens is 1. The first kappa shape index (κ1) is 24.4. The van der Waals surface area contributed by atoms with E-state index in [4.69, 9.17) is 11.6 Å². The molecule has 0 saturated carbocycles. The molecule has 0 radical (unpaired) electrons. The second-order valence-corrected chi connectivity index (χ2v) is 11.3. The highest BCUT2D eigenvalue weighted by Gasteiger charge is 2.29. The van der Waals surface area contributed by atoms with Gasteiger partial charge in [-0.2, -0.15) is 0 Å². The predicted octanol–water partition coefficient (Wildman–Crippen LogP) is 6.32. The van der Waals surface area contributed by atoms with Crippen molar-refractivity contribution in [3.05, 3.63) is 107 Å².